The van der Waals surface area contributed by atoms with Gasteiger partial charge in [0.1, 0.15) is 0 Å². The van der Waals surface area contributed by atoms with E-state index in [4.69, 9.17) is 5.11 Å². The number of nitrogens with one attached hydrogen (secondary N) is 1. The number of aliphatic hydroxyl groups is 1. The van der Waals surface area contributed by atoms with Crippen molar-refractivity contribution in [2.75, 3.05) is 13.2 Å². The second-order valence-corrected chi connectivity index (χ2v) is 7.93. The number of benzene rings is 1. The van der Waals surface area contributed by atoms with E-state index in [9.17, 15) is 35.5 Å². The van der Waals surface area contributed by atoms with Gasteiger partial charge in [-0.1, -0.05) is 18.2 Å². The van der Waals surface area contributed by atoms with Gasteiger partial charge in [0.25, 0.3) is 0 Å². The number of fused-ring (bicyclic) bond motifs is 3. The van der Waals surface area contributed by atoms with E-state index in [2.05, 4.69) is 5.32 Å². The van der Waals surface area contributed by atoms with E-state index in [0.29, 0.717) is 49.9 Å². The number of hydrogen-bond acceptors (Lipinski definition) is 2. The summed E-state index contributed by atoms with van der Waals surface area (Å²) < 4.78 is 92.6. The Kier molecular flexibility index (Phi) is 6.10. The molecule has 0 saturated heterocycles. The summed E-state index contributed by atoms with van der Waals surface area (Å²) in [5.74, 6) is -0.694. The summed E-state index contributed by atoms with van der Waals surface area (Å²) in [6.07, 6.45) is -10.1. The number of alkyl halides is 7. The van der Waals surface area contributed by atoms with Crippen LogP contribution in [0, 0.1) is 11.8 Å². The Hall–Kier alpha value is -1.84. The van der Waals surface area contributed by atoms with Crippen molar-refractivity contribution in [2.45, 2.75) is 56.0 Å². The lowest BCUT2D eigenvalue weighted by atomic mass is 9.73. The molecule has 1 aromatic rings. The second kappa shape index (κ2) is 8.01. The van der Waals surface area contributed by atoms with Gasteiger partial charge in [0, 0.05) is 24.6 Å². The van der Waals surface area contributed by atoms with E-state index in [1.807, 2.05) is 0 Å². The average molecular weight is 441 g/mol. The number of aliphatic hydroxyl groups excluding tert-OH is 1. The Morgan fingerprint density at radius 2 is 1.70 bits per heavy atom. The van der Waals surface area contributed by atoms with Gasteiger partial charge in [-0.15, -0.1) is 0 Å². The monoisotopic (exact) mass is 441 g/mol. The fourth-order valence-electron chi connectivity index (χ4n) is 4.81. The highest BCUT2D eigenvalue weighted by Gasteiger charge is 2.73. The van der Waals surface area contributed by atoms with E-state index in [0.717, 1.165) is 6.07 Å². The quantitative estimate of drug-likeness (QED) is 0.521. The molecule has 30 heavy (non-hydrogen) atoms. The number of carbonyl (C=O) groups excluding carboxylic acids is 1. The normalized spacial score (nSPS) is 24.3. The molecular formula is C20H22F7NO2. The zero-order chi connectivity index (χ0) is 22.3. The first-order chi connectivity index (χ1) is 13.9. The predicted octanol–water partition coefficient (Wildman–Crippen LogP) is 4.53. The highest BCUT2D eigenvalue weighted by Crippen LogP contribution is 2.55. The average Bonchev–Trinajstić information content (AvgIpc) is 3.09. The molecule has 2 aliphatic rings. The lowest BCUT2D eigenvalue weighted by Crippen LogP contribution is -2.50. The standard InChI is InChI=1S/C20H22F7NO2/c21-18(19(22,23)24,20(25,26)27)12-3-5-13-11(10-12)2-4-15-14(13)6-7-16(15)17(30)28-8-1-9-29/h3,5,10,14-16,29H,1-2,4,6-9H2,(H,28,30)/t14?,15?,16-/m1/s1. The van der Waals surface area contributed by atoms with Gasteiger partial charge in [-0.3, -0.25) is 4.79 Å². The third-order valence-electron chi connectivity index (χ3n) is 6.26. The van der Waals surface area contributed by atoms with Crippen LogP contribution in [0.1, 0.15) is 48.3 Å². The zero-order valence-corrected chi connectivity index (χ0v) is 15.9. The molecule has 0 spiro atoms. The molecule has 0 aliphatic heterocycles. The lowest BCUT2D eigenvalue weighted by molar-refractivity contribution is -0.348. The first-order valence-electron chi connectivity index (χ1n) is 9.76. The maximum atomic E-state index is 14.4. The molecule has 3 atom stereocenters. The Morgan fingerprint density at radius 3 is 2.30 bits per heavy atom. The van der Waals surface area contributed by atoms with Crippen LogP contribution >= 0.6 is 0 Å². The van der Waals surface area contributed by atoms with Crippen LogP contribution in [0.3, 0.4) is 0 Å². The van der Waals surface area contributed by atoms with Crippen molar-refractivity contribution in [1.82, 2.24) is 5.32 Å². The van der Waals surface area contributed by atoms with Gasteiger partial charge < -0.3 is 10.4 Å². The fourth-order valence-corrected chi connectivity index (χ4v) is 4.81. The van der Waals surface area contributed by atoms with Crippen LogP contribution in [-0.2, 0) is 16.9 Å². The molecule has 1 amide bonds. The van der Waals surface area contributed by atoms with Crippen LogP contribution in [0.5, 0.6) is 0 Å². The van der Waals surface area contributed by atoms with Crippen molar-refractivity contribution in [2.24, 2.45) is 11.8 Å². The number of rotatable bonds is 5. The Bertz CT molecular complexity index is 776. The fraction of sp³-hybridized carbons (Fsp3) is 0.650. The molecule has 2 aliphatic carbocycles. The Balaban J connectivity index is 1.86. The lowest BCUT2D eigenvalue weighted by Gasteiger charge is -2.34. The maximum absolute atomic E-state index is 14.4. The molecule has 1 saturated carbocycles. The summed E-state index contributed by atoms with van der Waals surface area (Å²) >= 11 is 0. The van der Waals surface area contributed by atoms with Crippen molar-refractivity contribution in [3.8, 4) is 0 Å². The van der Waals surface area contributed by atoms with Gasteiger partial charge in [0.2, 0.25) is 5.91 Å². The van der Waals surface area contributed by atoms with Crippen molar-refractivity contribution in [1.29, 1.82) is 0 Å². The maximum Gasteiger partial charge on any atom is 0.435 e. The SMILES string of the molecule is O=C(NCCCO)[C@@H]1CCC2c3ccc(C(F)(C(F)(F)F)C(F)(F)F)cc3CCC21. The topological polar surface area (TPSA) is 49.3 Å². The van der Waals surface area contributed by atoms with E-state index in [-0.39, 0.29) is 42.3 Å². The van der Waals surface area contributed by atoms with Gasteiger partial charge in [-0.05, 0) is 55.1 Å². The van der Waals surface area contributed by atoms with E-state index in [1.54, 1.807) is 0 Å². The van der Waals surface area contributed by atoms with E-state index in [1.165, 1.54) is 0 Å². The number of aryl methyl sites for hydroxylation is 1. The summed E-state index contributed by atoms with van der Waals surface area (Å²) in [5, 5.41) is 11.5. The summed E-state index contributed by atoms with van der Waals surface area (Å²) in [5.41, 5.74) is -6.04. The van der Waals surface area contributed by atoms with Crippen LogP contribution in [0.4, 0.5) is 30.7 Å². The molecular weight excluding hydrogens is 419 g/mol. The molecule has 3 rings (SSSR count). The summed E-state index contributed by atoms with van der Waals surface area (Å²) in [4.78, 5) is 12.4. The minimum Gasteiger partial charge on any atom is -0.396 e. The van der Waals surface area contributed by atoms with Gasteiger partial charge in [-0.2, -0.15) is 26.3 Å². The Labute approximate surface area is 168 Å². The summed E-state index contributed by atoms with van der Waals surface area (Å²) in [6.45, 7) is 0.273. The molecule has 1 aromatic carbocycles. The molecule has 0 aromatic heterocycles. The van der Waals surface area contributed by atoms with Gasteiger partial charge in [0.05, 0.1) is 0 Å². The Morgan fingerprint density at radius 1 is 1.03 bits per heavy atom. The molecule has 1 fully saturated rings. The van der Waals surface area contributed by atoms with Crippen LogP contribution in [0.2, 0.25) is 0 Å². The van der Waals surface area contributed by atoms with Crippen LogP contribution in [-0.4, -0.2) is 36.5 Å². The molecule has 168 valence electrons. The largest absolute Gasteiger partial charge is 0.435 e. The van der Waals surface area contributed by atoms with Crippen LogP contribution in [0.25, 0.3) is 0 Å². The minimum atomic E-state index is -6.14. The number of carbonyl (C=O) groups is 1. The molecule has 3 nitrogen and oxygen atoms in total. The highest BCUT2D eigenvalue weighted by atomic mass is 19.4. The van der Waals surface area contributed by atoms with Crippen molar-refractivity contribution in [3.63, 3.8) is 0 Å². The highest BCUT2D eigenvalue weighted by molar-refractivity contribution is 5.79. The molecule has 0 heterocycles. The smallest absolute Gasteiger partial charge is 0.396 e. The first kappa shape index (κ1) is 22.8. The van der Waals surface area contributed by atoms with Gasteiger partial charge >= 0.3 is 18.0 Å². The first-order valence-corrected chi connectivity index (χ1v) is 9.76. The molecule has 2 N–H and O–H groups in total. The van der Waals surface area contributed by atoms with Crippen molar-refractivity contribution < 1.29 is 40.6 Å². The third kappa shape index (κ3) is 3.78. The molecule has 10 heteroatoms. The van der Waals surface area contributed by atoms with Crippen molar-refractivity contribution in [3.05, 3.63) is 34.9 Å². The molecule has 2 unspecified atom stereocenters. The van der Waals surface area contributed by atoms with E-state index >= 15 is 0 Å². The number of hydrogen-bond donors (Lipinski definition) is 2. The van der Waals surface area contributed by atoms with Crippen molar-refractivity contribution >= 4 is 5.91 Å². The summed E-state index contributed by atoms with van der Waals surface area (Å²) in [7, 11) is 0. The molecule has 0 radical (unpaired) electrons. The summed E-state index contributed by atoms with van der Waals surface area (Å²) in [6, 6.07) is 2.40. The van der Waals surface area contributed by atoms with Crippen LogP contribution < -0.4 is 5.32 Å². The van der Waals surface area contributed by atoms with Gasteiger partial charge in [-0.25, -0.2) is 4.39 Å². The minimum absolute atomic E-state index is 0.0569. The number of amides is 1. The van der Waals surface area contributed by atoms with Crippen LogP contribution in [0.15, 0.2) is 18.2 Å². The second-order valence-electron chi connectivity index (χ2n) is 7.93. The predicted molar refractivity (Wildman–Crippen MR) is 93.3 cm³/mol. The van der Waals surface area contributed by atoms with Gasteiger partial charge in [0.15, 0.2) is 0 Å². The number of halogens is 7. The third-order valence-corrected chi connectivity index (χ3v) is 6.26. The van der Waals surface area contributed by atoms with E-state index < -0.39 is 23.6 Å². The zero-order valence-electron chi connectivity index (χ0n) is 15.9. The molecule has 0 bridgehead atoms.